The van der Waals surface area contributed by atoms with Crippen LogP contribution in [0, 0.1) is 11.3 Å². The summed E-state index contributed by atoms with van der Waals surface area (Å²) < 4.78 is 78.5. The molecule has 2 aliphatic rings. The Morgan fingerprint density at radius 1 is 1.12 bits per heavy atom. The fourth-order valence-electron chi connectivity index (χ4n) is 2.85. The van der Waals surface area contributed by atoms with Gasteiger partial charge in [-0.2, -0.15) is 26.3 Å². The molecule has 2 fully saturated rings. The van der Waals surface area contributed by atoms with E-state index in [2.05, 4.69) is 5.32 Å². The fraction of sp³-hybridized carbons (Fsp3) is 0.600. The molecule has 1 aromatic heterocycles. The number of nitrogens with zero attached hydrogens (tertiary/aromatic N) is 1. The molecule has 1 saturated carbocycles. The monoisotopic (exact) mass is 400 g/mol. The zero-order valence-electron chi connectivity index (χ0n) is 13.2. The molecular formula is C15H14F6N2O2S. The lowest BCUT2D eigenvalue weighted by Gasteiger charge is -2.33. The second kappa shape index (κ2) is 6.14. The smallest absolute Gasteiger partial charge is 0.337 e. The van der Waals surface area contributed by atoms with Crippen molar-refractivity contribution in [3.63, 3.8) is 0 Å². The molecule has 0 radical (unpaired) electrons. The number of carbonyl (C=O) groups excluding carboxylic acids is 2. The molecule has 2 amide bonds. The van der Waals surface area contributed by atoms with Gasteiger partial charge in [0.05, 0.1) is 9.88 Å². The first-order chi connectivity index (χ1) is 11.9. The summed E-state index contributed by atoms with van der Waals surface area (Å²) in [7, 11) is 0. The van der Waals surface area contributed by atoms with E-state index in [4.69, 9.17) is 0 Å². The Morgan fingerprint density at radius 3 is 2.23 bits per heavy atom. The molecule has 1 aromatic rings. The second-order valence-electron chi connectivity index (χ2n) is 6.48. The van der Waals surface area contributed by atoms with E-state index in [0.29, 0.717) is 9.90 Å². The third kappa shape index (κ3) is 3.28. The molecule has 1 saturated heterocycles. The minimum absolute atomic E-state index is 0.0174. The number of nitrogens with one attached hydrogen (secondary N) is 1. The first-order valence-electron chi connectivity index (χ1n) is 7.78. The largest absolute Gasteiger partial charge is 0.404 e. The number of likely N-dealkylation sites (tertiary alicyclic amines) is 1. The quantitative estimate of drug-likeness (QED) is 0.779. The zero-order chi connectivity index (χ0) is 19.3. The number of anilines is 1. The van der Waals surface area contributed by atoms with Crippen molar-refractivity contribution >= 4 is 28.2 Å². The number of alkyl halides is 6. The summed E-state index contributed by atoms with van der Waals surface area (Å²) >= 11 is 0.831. The Hall–Kier alpha value is -1.78. The van der Waals surface area contributed by atoms with Gasteiger partial charge in [-0.3, -0.25) is 9.59 Å². The molecule has 144 valence electrons. The van der Waals surface area contributed by atoms with E-state index in [1.165, 1.54) is 12.1 Å². The predicted octanol–water partition coefficient (Wildman–Crippen LogP) is 4.05. The minimum atomic E-state index is -5.50. The van der Waals surface area contributed by atoms with Crippen LogP contribution in [0.25, 0.3) is 0 Å². The molecule has 11 heteroatoms. The number of thiophene rings is 1. The lowest BCUT2D eigenvalue weighted by atomic mass is 9.85. The van der Waals surface area contributed by atoms with E-state index in [9.17, 15) is 35.9 Å². The van der Waals surface area contributed by atoms with Gasteiger partial charge in [0.2, 0.25) is 5.91 Å². The molecule has 0 spiro atoms. The molecule has 26 heavy (non-hydrogen) atoms. The van der Waals surface area contributed by atoms with Crippen LogP contribution in [-0.4, -0.2) is 42.2 Å². The van der Waals surface area contributed by atoms with Gasteiger partial charge in [0, 0.05) is 19.0 Å². The molecule has 2 heterocycles. The molecule has 4 nitrogen and oxygen atoms in total. The average Bonchev–Trinajstić information content (AvgIpc) is 3.08. The molecule has 0 atom stereocenters. The summed E-state index contributed by atoms with van der Waals surface area (Å²) in [6, 6.07) is 2.70. The average molecular weight is 400 g/mol. The zero-order valence-corrected chi connectivity index (χ0v) is 14.0. The van der Waals surface area contributed by atoms with Crippen molar-refractivity contribution < 1.29 is 35.9 Å². The first-order valence-corrected chi connectivity index (χ1v) is 8.60. The van der Waals surface area contributed by atoms with Crippen molar-refractivity contribution in [2.45, 2.75) is 31.6 Å². The maximum absolute atomic E-state index is 13.1. The van der Waals surface area contributed by atoms with Crippen molar-refractivity contribution in [3.05, 3.63) is 17.0 Å². The van der Waals surface area contributed by atoms with Crippen LogP contribution in [0.4, 0.5) is 31.3 Å². The number of amides is 2. The highest BCUT2D eigenvalue weighted by Crippen LogP contribution is 2.55. The summed E-state index contributed by atoms with van der Waals surface area (Å²) in [5.74, 6) is -1.19. The number of halogens is 6. The third-order valence-electron chi connectivity index (χ3n) is 4.65. The first kappa shape index (κ1) is 19.0. The minimum Gasteiger partial charge on any atom is -0.337 e. The third-order valence-corrected chi connectivity index (χ3v) is 5.64. The lowest BCUT2D eigenvalue weighted by molar-refractivity contribution is -0.334. The van der Waals surface area contributed by atoms with Gasteiger partial charge < -0.3 is 10.2 Å². The Labute approximate surface area is 148 Å². The maximum atomic E-state index is 13.1. The number of carbonyl (C=O) groups is 2. The number of rotatable bonds is 3. The number of hydrogen-bond donors (Lipinski definition) is 1. The standard InChI is InChI=1S/C15H14F6N2O2S/c16-14(17,18)13(15(19,20)21)5-6-23(7-13)12(25)9-3-4-10(26-9)22-11(24)8-1-2-8/h3-4,8H,1-2,5-7H2,(H,22,24). The van der Waals surface area contributed by atoms with Crippen molar-refractivity contribution in [1.82, 2.24) is 4.90 Å². The van der Waals surface area contributed by atoms with E-state index in [1.807, 2.05) is 0 Å². The van der Waals surface area contributed by atoms with Gasteiger partial charge in [-0.25, -0.2) is 0 Å². The van der Waals surface area contributed by atoms with Crippen LogP contribution in [0.15, 0.2) is 12.1 Å². The van der Waals surface area contributed by atoms with Crippen LogP contribution in [-0.2, 0) is 4.79 Å². The van der Waals surface area contributed by atoms with Gasteiger partial charge in [0.15, 0.2) is 5.41 Å². The molecule has 0 bridgehead atoms. The van der Waals surface area contributed by atoms with Gasteiger partial charge in [-0.1, -0.05) is 0 Å². The predicted molar refractivity (Wildman–Crippen MR) is 80.7 cm³/mol. The molecule has 3 rings (SSSR count). The van der Waals surface area contributed by atoms with Crippen molar-refractivity contribution in [3.8, 4) is 0 Å². The SMILES string of the molecule is O=C(Nc1ccc(C(=O)N2CCC(C(F)(F)F)(C(F)(F)F)C2)s1)C1CC1. The fourth-order valence-corrected chi connectivity index (χ4v) is 3.73. The van der Waals surface area contributed by atoms with E-state index in [0.717, 1.165) is 24.2 Å². The Bertz CT molecular complexity index is 708. The second-order valence-corrected chi connectivity index (χ2v) is 7.57. The van der Waals surface area contributed by atoms with Crippen LogP contribution in [0.5, 0.6) is 0 Å². The summed E-state index contributed by atoms with van der Waals surface area (Å²) in [6.07, 6.45) is -10.7. The van der Waals surface area contributed by atoms with Gasteiger partial charge in [-0.15, -0.1) is 11.3 Å². The van der Waals surface area contributed by atoms with E-state index >= 15 is 0 Å². The molecule has 1 aliphatic heterocycles. The van der Waals surface area contributed by atoms with Crippen molar-refractivity contribution in [2.75, 3.05) is 18.4 Å². The lowest BCUT2D eigenvalue weighted by Crippen LogP contribution is -2.52. The summed E-state index contributed by atoms with van der Waals surface area (Å²) in [5.41, 5.74) is -3.91. The van der Waals surface area contributed by atoms with Gasteiger partial charge in [0.1, 0.15) is 0 Å². The van der Waals surface area contributed by atoms with Gasteiger partial charge >= 0.3 is 12.4 Å². The van der Waals surface area contributed by atoms with Gasteiger partial charge in [0.25, 0.3) is 5.91 Å². The molecular weight excluding hydrogens is 386 g/mol. The number of hydrogen-bond acceptors (Lipinski definition) is 3. The molecule has 1 N–H and O–H groups in total. The summed E-state index contributed by atoms with van der Waals surface area (Å²) in [5, 5.41) is 2.92. The van der Waals surface area contributed by atoms with Crippen molar-refractivity contribution in [2.24, 2.45) is 11.3 Å². The normalized spacial score (nSPS) is 20.3. The van der Waals surface area contributed by atoms with Crippen molar-refractivity contribution in [1.29, 1.82) is 0 Å². The Morgan fingerprint density at radius 2 is 1.73 bits per heavy atom. The summed E-state index contributed by atoms with van der Waals surface area (Å²) in [4.78, 5) is 24.5. The highest BCUT2D eigenvalue weighted by molar-refractivity contribution is 7.18. The highest BCUT2D eigenvalue weighted by Gasteiger charge is 2.72. The van der Waals surface area contributed by atoms with Crippen LogP contribution in [0.3, 0.4) is 0 Å². The molecule has 0 unspecified atom stereocenters. The Kier molecular flexibility index (Phi) is 4.48. The van der Waals surface area contributed by atoms with E-state index in [-0.39, 0.29) is 16.7 Å². The van der Waals surface area contributed by atoms with Crippen LogP contribution in [0.2, 0.25) is 0 Å². The summed E-state index contributed by atoms with van der Waals surface area (Å²) in [6.45, 7) is -2.10. The highest BCUT2D eigenvalue weighted by atomic mass is 32.1. The van der Waals surface area contributed by atoms with E-state index in [1.54, 1.807) is 0 Å². The van der Waals surface area contributed by atoms with Crippen LogP contribution < -0.4 is 5.32 Å². The van der Waals surface area contributed by atoms with Gasteiger partial charge in [-0.05, 0) is 31.4 Å². The maximum Gasteiger partial charge on any atom is 0.404 e. The topological polar surface area (TPSA) is 49.4 Å². The van der Waals surface area contributed by atoms with Crippen LogP contribution >= 0.6 is 11.3 Å². The van der Waals surface area contributed by atoms with Crippen LogP contribution in [0.1, 0.15) is 28.9 Å². The molecule has 1 aliphatic carbocycles. The Balaban J connectivity index is 1.73. The van der Waals surface area contributed by atoms with E-state index < -0.39 is 43.2 Å². The molecule has 0 aromatic carbocycles.